The van der Waals surface area contributed by atoms with E-state index < -0.39 is 17.9 Å². The number of hydrogen-bond acceptors (Lipinski definition) is 4. The maximum absolute atomic E-state index is 13.6. The molecule has 5 nitrogen and oxygen atoms in total. The zero-order valence-corrected chi connectivity index (χ0v) is 18.7. The molecule has 35 heavy (non-hydrogen) atoms. The van der Waals surface area contributed by atoms with E-state index in [-0.39, 0.29) is 6.61 Å². The molecule has 1 atom stereocenters. The van der Waals surface area contributed by atoms with Gasteiger partial charge in [0.1, 0.15) is 0 Å². The van der Waals surface area contributed by atoms with Gasteiger partial charge in [-0.3, -0.25) is 9.59 Å². The summed E-state index contributed by atoms with van der Waals surface area (Å²) in [6.45, 7) is -0.262. The van der Waals surface area contributed by atoms with Crippen LogP contribution in [-0.4, -0.2) is 28.5 Å². The quantitative estimate of drug-likeness (QED) is 0.207. The lowest BCUT2D eigenvalue weighted by molar-refractivity contribution is 0.0457. The molecule has 0 radical (unpaired) electrons. The average Bonchev–Trinajstić information content (AvgIpc) is 2.91. The number of hydrazine groups is 1. The van der Waals surface area contributed by atoms with Crippen molar-refractivity contribution < 1.29 is 14.7 Å². The minimum Gasteiger partial charge on any atom is -0.394 e. The van der Waals surface area contributed by atoms with Crippen LogP contribution in [0.1, 0.15) is 32.3 Å². The molecule has 2 amide bonds. The van der Waals surface area contributed by atoms with Crippen LogP contribution < -0.4 is 5.43 Å². The number of benzene rings is 6. The fourth-order valence-electron chi connectivity index (χ4n) is 5.60. The number of aliphatic hydroxyl groups excluding tert-OH is 1. The first-order chi connectivity index (χ1) is 17.2. The first kappa shape index (κ1) is 20.1. The summed E-state index contributed by atoms with van der Waals surface area (Å²) in [5, 5.41) is 19.3. The maximum Gasteiger partial charge on any atom is 0.276 e. The van der Waals surface area contributed by atoms with Crippen molar-refractivity contribution in [2.75, 3.05) is 6.61 Å². The van der Waals surface area contributed by atoms with Gasteiger partial charge in [-0.1, -0.05) is 78.9 Å². The smallest absolute Gasteiger partial charge is 0.276 e. The Kier molecular flexibility index (Phi) is 4.21. The van der Waals surface area contributed by atoms with Crippen molar-refractivity contribution in [3.63, 3.8) is 0 Å². The zero-order chi connectivity index (χ0) is 23.7. The Balaban J connectivity index is 1.46. The van der Waals surface area contributed by atoms with Crippen molar-refractivity contribution in [3.8, 4) is 0 Å². The first-order valence-electron chi connectivity index (χ1n) is 11.6. The van der Waals surface area contributed by atoms with Crippen molar-refractivity contribution in [3.05, 3.63) is 108 Å². The largest absolute Gasteiger partial charge is 0.394 e. The molecular formula is C30H20N2O3. The van der Waals surface area contributed by atoms with Gasteiger partial charge in [0.2, 0.25) is 0 Å². The van der Waals surface area contributed by atoms with Crippen molar-refractivity contribution in [1.82, 2.24) is 10.4 Å². The van der Waals surface area contributed by atoms with Gasteiger partial charge in [0, 0.05) is 5.39 Å². The summed E-state index contributed by atoms with van der Waals surface area (Å²) in [7, 11) is 0. The van der Waals surface area contributed by atoms with Crippen molar-refractivity contribution in [1.29, 1.82) is 0 Å². The second-order valence-corrected chi connectivity index (χ2v) is 9.00. The third-order valence-electron chi connectivity index (χ3n) is 7.18. The molecule has 5 heteroatoms. The Labute approximate surface area is 200 Å². The molecule has 6 aromatic rings. The monoisotopic (exact) mass is 456 g/mol. The molecule has 1 heterocycles. The molecule has 1 aliphatic heterocycles. The summed E-state index contributed by atoms with van der Waals surface area (Å²) in [5.41, 5.74) is 4.72. The van der Waals surface area contributed by atoms with Crippen LogP contribution in [0.2, 0.25) is 0 Å². The van der Waals surface area contributed by atoms with Crippen molar-refractivity contribution in [2.45, 2.75) is 6.04 Å². The molecule has 1 aliphatic rings. The molecule has 0 saturated heterocycles. The second-order valence-electron chi connectivity index (χ2n) is 9.00. The molecule has 0 aromatic heterocycles. The van der Waals surface area contributed by atoms with E-state index in [4.69, 9.17) is 0 Å². The molecule has 6 aromatic carbocycles. The first-order valence-corrected chi connectivity index (χ1v) is 11.6. The summed E-state index contributed by atoms with van der Waals surface area (Å²) in [5.74, 6) is -0.838. The highest BCUT2D eigenvalue weighted by Crippen LogP contribution is 2.43. The lowest BCUT2D eigenvalue weighted by Gasteiger charge is -2.31. The lowest BCUT2D eigenvalue weighted by Crippen LogP contribution is -2.51. The summed E-state index contributed by atoms with van der Waals surface area (Å²) < 4.78 is 0. The Hall–Kier alpha value is -4.32. The van der Waals surface area contributed by atoms with E-state index in [1.165, 1.54) is 5.39 Å². The molecule has 0 spiro atoms. The molecule has 0 aliphatic carbocycles. The molecular weight excluding hydrogens is 436 g/mol. The third kappa shape index (κ3) is 2.71. The number of imide groups is 1. The van der Waals surface area contributed by atoms with Crippen LogP contribution >= 0.6 is 0 Å². The number of fused-ring (bicyclic) bond motifs is 2. The van der Waals surface area contributed by atoms with Gasteiger partial charge in [-0.05, 0) is 55.4 Å². The minimum absolute atomic E-state index is 0.262. The van der Waals surface area contributed by atoms with Crippen LogP contribution in [0, 0.1) is 0 Å². The van der Waals surface area contributed by atoms with E-state index in [0.717, 1.165) is 42.9 Å². The number of carbonyl (C=O) groups is 2. The predicted octanol–water partition coefficient (Wildman–Crippen LogP) is 5.57. The Morgan fingerprint density at radius 2 is 1.20 bits per heavy atom. The van der Waals surface area contributed by atoms with Crippen LogP contribution in [0.5, 0.6) is 0 Å². The SMILES string of the molecule is O=C1c2ccc3c4cccc5cccc(c6ccc(c2c36)C(=O)N1N[C@@H](CO)c1ccccc1)c54. The van der Waals surface area contributed by atoms with Gasteiger partial charge >= 0.3 is 0 Å². The number of amides is 2. The summed E-state index contributed by atoms with van der Waals surface area (Å²) >= 11 is 0. The van der Waals surface area contributed by atoms with E-state index in [2.05, 4.69) is 29.7 Å². The number of carbonyl (C=O) groups excluding carboxylic acids is 2. The Morgan fingerprint density at radius 3 is 1.77 bits per heavy atom. The molecule has 7 rings (SSSR count). The van der Waals surface area contributed by atoms with Gasteiger partial charge in [-0.2, -0.15) is 0 Å². The molecule has 0 unspecified atom stereocenters. The van der Waals surface area contributed by atoms with E-state index in [9.17, 15) is 14.7 Å². The Morgan fingerprint density at radius 1 is 0.629 bits per heavy atom. The molecule has 168 valence electrons. The normalized spacial score (nSPS) is 14.6. The Bertz CT molecular complexity index is 1710. The fourth-order valence-corrected chi connectivity index (χ4v) is 5.60. The topological polar surface area (TPSA) is 69.6 Å². The van der Waals surface area contributed by atoms with Crippen LogP contribution in [-0.2, 0) is 0 Å². The van der Waals surface area contributed by atoms with Crippen LogP contribution in [0.15, 0.2) is 91.0 Å². The van der Waals surface area contributed by atoms with Gasteiger partial charge in [-0.15, -0.1) is 0 Å². The van der Waals surface area contributed by atoms with Crippen molar-refractivity contribution in [2.24, 2.45) is 0 Å². The highest BCUT2D eigenvalue weighted by Gasteiger charge is 2.35. The number of nitrogens with zero attached hydrogens (tertiary/aromatic N) is 1. The number of rotatable bonds is 4. The molecule has 0 fully saturated rings. The van der Waals surface area contributed by atoms with E-state index >= 15 is 0 Å². The minimum atomic E-state index is -0.594. The molecule has 0 bridgehead atoms. The van der Waals surface area contributed by atoms with Crippen LogP contribution in [0.4, 0.5) is 0 Å². The van der Waals surface area contributed by atoms with Gasteiger partial charge < -0.3 is 5.11 Å². The van der Waals surface area contributed by atoms with E-state index in [0.29, 0.717) is 16.5 Å². The summed E-state index contributed by atoms with van der Waals surface area (Å²) in [6, 6.07) is 28.8. The van der Waals surface area contributed by atoms with Crippen LogP contribution in [0.3, 0.4) is 0 Å². The van der Waals surface area contributed by atoms with Crippen molar-refractivity contribution >= 4 is 54.9 Å². The lowest BCUT2D eigenvalue weighted by atomic mass is 9.85. The number of aliphatic hydroxyl groups is 1. The standard InChI is InChI=1S/C30H20N2O3/c33-16-25(17-6-2-1-3-7-17)31-32-29(34)23-14-12-21-19-10-4-8-18-9-5-11-20(26(18)19)22-13-15-24(30(32)35)28(23)27(21)22/h1-15,25,31,33H,16H2/t25-/m0/s1. The van der Waals surface area contributed by atoms with Gasteiger partial charge in [-0.25, -0.2) is 10.4 Å². The van der Waals surface area contributed by atoms with E-state index in [1.807, 2.05) is 66.7 Å². The van der Waals surface area contributed by atoms with Gasteiger partial charge in [0.15, 0.2) is 0 Å². The number of hydrogen-bond donors (Lipinski definition) is 2. The zero-order valence-electron chi connectivity index (χ0n) is 18.7. The summed E-state index contributed by atoms with van der Waals surface area (Å²) in [6.07, 6.45) is 0. The average molecular weight is 457 g/mol. The van der Waals surface area contributed by atoms with Gasteiger partial charge in [0.25, 0.3) is 11.8 Å². The predicted molar refractivity (Wildman–Crippen MR) is 138 cm³/mol. The highest BCUT2D eigenvalue weighted by molar-refractivity contribution is 6.38. The van der Waals surface area contributed by atoms with Gasteiger partial charge in [0.05, 0.1) is 23.8 Å². The maximum atomic E-state index is 13.6. The second kappa shape index (κ2) is 7.34. The number of nitrogens with one attached hydrogen (secondary N) is 1. The molecule has 2 N–H and O–H groups in total. The fraction of sp³-hybridized carbons (Fsp3) is 0.0667. The molecule has 0 saturated carbocycles. The van der Waals surface area contributed by atoms with Crippen LogP contribution in [0.25, 0.3) is 43.1 Å². The summed E-state index contributed by atoms with van der Waals surface area (Å²) in [4.78, 5) is 27.2. The highest BCUT2D eigenvalue weighted by atomic mass is 16.3. The third-order valence-corrected chi connectivity index (χ3v) is 7.18. The van der Waals surface area contributed by atoms with E-state index in [1.54, 1.807) is 0 Å².